The first-order valence-corrected chi connectivity index (χ1v) is 9.24. The standard InChI is InChI=1S/C13H21ClN4O2S/c1-9-12(7-14)13(16-15-9)21(19,20)18-6-5-10-3-4-11(8-18)17(10)2/h10-11H,3-8H2,1-2H3,(H,15,16). The quantitative estimate of drug-likeness (QED) is 0.847. The van der Waals surface area contributed by atoms with Crippen LogP contribution in [0.3, 0.4) is 0 Å². The third-order valence-corrected chi connectivity index (χ3v) is 6.97. The molecule has 3 rings (SSSR count). The van der Waals surface area contributed by atoms with Gasteiger partial charge in [-0.15, -0.1) is 11.6 Å². The highest BCUT2D eigenvalue weighted by Crippen LogP contribution is 2.31. The summed E-state index contributed by atoms with van der Waals surface area (Å²) >= 11 is 5.89. The zero-order chi connectivity index (χ0) is 15.2. The lowest BCUT2D eigenvalue weighted by atomic mass is 10.1. The van der Waals surface area contributed by atoms with E-state index in [9.17, 15) is 8.42 Å². The number of sulfonamides is 1. The molecule has 6 nitrogen and oxygen atoms in total. The number of alkyl halides is 1. The molecule has 3 heterocycles. The van der Waals surface area contributed by atoms with E-state index in [-0.39, 0.29) is 10.9 Å². The summed E-state index contributed by atoms with van der Waals surface area (Å²) in [7, 11) is -1.47. The van der Waals surface area contributed by atoms with Gasteiger partial charge in [0.1, 0.15) is 0 Å². The maximum Gasteiger partial charge on any atom is 0.262 e. The van der Waals surface area contributed by atoms with E-state index in [1.807, 2.05) is 0 Å². The lowest BCUT2D eigenvalue weighted by molar-refractivity contribution is 0.246. The predicted octanol–water partition coefficient (Wildman–Crippen LogP) is 1.31. The molecular formula is C13H21ClN4O2S. The van der Waals surface area contributed by atoms with Crippen molar-refractivity contribution in [1.82, 2.24) is 19.4 Å². The summed E-state index contributed by atoms with van der Waals surface area (Å²) in [4.78, 5) is 2.33. The van der Waals surface area contributed by atoms with Gasteiger partial charge in [0.15, 0.2) is 5.03 Å². The molecule has 1 aromatic heterocycles. The van der Waals surface area contributed by atoms with E-state index in [1.165, 1.54) is 6.42 Å². The van der Waals surface area contributed by atoms with Crippen molar-refractivity contribution in [3.63, 3.8) is 0 Å². The highest BCUT2D eigenvalue weighted by atomic mass is 35.5. The molecule has 2 aliphatic rings. The van der Waals surface area contributed by atoms with Gasteiger partial charge < -0.3 is 0 Å². The zero-order valence-electron chi connectivity index (χ0n) is 12.3. The fourth-order valence-corrected chi connectivity index (χ4v) is 5.48. The van der Waals surface area contributed by atoms with E-state index in [2.05, 4.69) is 22.1 Å². The van der Waals surface area contributed by atoms with Crippen LogP contribution in [0.25, 0.3) is 0 Å². The second kappa shape index (κ2) is 5.53. The van der Waals surface area contributed by atoms with Crippen molar-refractivity contribution in [3.8, 4) is 0 Å². The van der Waals surface area contributed by atoms with Crippen LogP contribution < -0.4 is 0 Å². The van der Waals surface area contributed by atoms with Gasteiger partial charge in [-0.1, -0.05) is 0 Å². The number of nitrogens with zero attached hydrogens (tertiary/aromatic N) is 3. The van der Waals surface area contributed by atoms with Gasteiger partial charge in [0.25, 0.3) is 10.0 Å². The van der Waals surface area contributed by atoms with Crippen molar-refractivity contribution in [2.24, 2.45) is 0 Å². The summed E-state index contributed by atoms with van der Waals surface area (Å²) in [5.74, 6) is 0.149. The van der Waals surface area contributed by atoms with Crippen LogP contribution in [0.1, 0.15) is 30.5 Å². The average molecular weight is 333 g/mol. The fourth-order valence-electron chi connectivity index (χ4n) is 3.42. The number of hydrogen-bond donors (Lipinski definition) is 1. The molecular weight excluding hydrogens is 312 g/mol. The Labute approximate surface area is 130 Å². The van der Waals surface area contributed by atoms with Crippen LogP contribution in [0, 0.1) is 6.92 Å². The Morgan fingerprint density at radius 1 is 1.33 bits per heavy atom. The topological polar surface area (TPSA) is 69.3 Å². The molecule has 0 spiro atoms. The smallest absolute Gasteiger partial charge is 0.262 e. The molecule has 0 radical (unpaired) electrons. The molecule has 2 unspecified atom stereocenters. The SMILES string of the molecule is Cc1[nH]nc(S(=O)(=O)N2CCC3CCC(C2)N3C)c1CCl. The van der Waals surface area contributed by atoms with Crippen molar-refractivity contribution < 1.29 is 8.42 Å². The summed E-state index contributed by atoms with van der Waals surface area (Å²) < 4.78 is 27.3. The summed E-state index contributed by atoms with van der Waals surface area (Å²) in [5.41, 5.74) is 1.30. The molecule has 0 aliphatic carbocycles. The lowest BCUT2D eigenvalue weighted by Crippen LogP contribution is -2.40. The van der Waals surface area contributed by atoms with Gasteiger partial charge in [0, 0.05) is 36.4 Å². The Kier molecular flexibility index (Phi) is 4.02. The number of hydrogen-bond acceptors (Lipinski definition) is 4. The first kappa shape index (κ1) is 15.3. The number of likely N-dealkylation sites (N-methyl/N-ethyl adjacent to an activating group) is 1. The molecule has 0 saturated carbocycles. The Morgan fingerprint density at radius 3 is 2.76 bits per heavy atom. The fraction of sp³-hybridized carbons (Fsp3) is 0.769. The average Bonchev–Trinajstić information content (AvgIpc) is 2.90. The third-order valence-electron chi connectivity index (χ3n) is 4.87. The van der Waals surface area contributed by atoms with Crippen molar-refractivity contribution in [2.75, 3.05) is 20.1 Å². The molecule has 1 aromatic rings. The molecule has 2 fully saturated rings. The van der Waals surface area contributed by atoms with Crippen molar-refractivity contribution in [2.45, 2.75) is 49.2 Å². The lowest BCUT2D eigenvalue weighted by Gasteiger charge is -2.24. The molecule has 2 saturated heterocycles. The highest BCUT2D eigenvalue weighted by molar-refractivity contribution is 7.89. The van der Waals surface area contributed by atoms with Gasteiger partial charge in [-0.2, -0.15) is 9.40 Å². The van der Waals surface area contributed by atoms with E-state index in [0.717, 1.165) is 18.5 Å². The summed E-state index contributed by atoms with van der Waals surface area (Å²) in [5, 5.41) is 6.83. The van der Waals surface area contributed by atoms with E-state index < -0.39 is 10.0 Å². The van der Waals surface area contributed by atoms with Crippen LogP contribution in [0.2, 0.25) is 0 Å². The normalized spacial score (nSPS) is 28.0. The van der Waals surface area contributed by atoms with E-state index in [4.69, 9.17) is 11.6 Å². The van der Waals surface area contributed by atoms with Gasteiger partial charge in [-0.05, 0) is 33.2 Å². The van der Waals surface area contributed by atoms with Crippen LogP contribution >= 0.6 is 11.6 Å². The third kappa shape index (κ3) is 2.50. The molecule has 0 amide bonds. The van der Waals surface area contributed by atoms with Crippen LogP contribution in [-0.2, 0) is 15.9 Å². The summed E-state index contributed by atoms with van der Waals surface area (Å²) in [6, 6.07) is 0.815. The number of nitrogens with one attached hydrogen (secondary N) is 1. The molecule has 2 aliphatic heterocycles. The number of H-pyrrole nitrogens is 1. The van der Waals surface area contributed by atoms with E-state index >= 15 is 0 Å². The minimum absolute atomic E-state index is 0.0930. The summed E-state index contributed by atoms with van der Waals surface area (Å²) in [6.45, 7) is 2.90. The molecule has 2 atom stereocenters. The van der Waals surface area contributed by atoms with Crippen LogP contribution in [0.5, 0.6) is 0 Å². The molecule has 1 N–H and O–H groups in total. The number of halogens is 1. The number of fused-ring (bicyclic) bond motifs is 2. The molecule has 118 valence electrons. The van der Waals surface area contributed by atoms with Crippen molar-refractivity contribution >= 4 is 21.6 Å². The Hall–Kier alpha value is -0.630. The van der Waals surface area contributed by atoms with Gasteiger partial charge in [-0.3, -0.25) is 10.00 Å². The number of aryl methyl sites for hydroxylation is 1. The van der Waals surface area contributed by atoms with Crippen LogP contribution in [0.15, 0.2) is 5.03 Å². The molecule has 2 bridgehead atoms. The highest BCUT2D eigenvalue weighted by Gasteiger charge is 2.40. The van der Waals surface area contributed by atoms with Gasteiger partial charge in [0.05, 0.1) is 5.88 Å². The second-order valence-electron chi connectivity index (χ2n) is 5.97. The second-order valence-corrected chi connectivity index (χ2v) is 8.09. The number of aromatic nitrogens is 2. The Balaban J connectivity index is 1.91. The minimum Gasteiger partial charge on any atom is -0.299 e. The molecule has 21 heavy (non-hydrogen) atoms. The number of rotatable bonds is 3. The summed E-state index contributed by atoms with van der Waals surface area (Å²) in [6.07, 6.45) is 3.12. The van der Waals surface area contributed by atoms with Crippen LogP contribution in [0.4, 0.5) is 0 Å². The van der Waals surface area contributed by atoms with Gasteiger partial charge >= 0.3 is 0 Å². The van der Waals surface area contributed by atoms with Gasteiger partial charge in [-0.25, -0.2) is 8.42 Å². The first-order chi connectivity index (χ1) is 9.95. The van der Waals surface area contributed by atoms with Gasteiger partial charge in [0.2, 0.25) is 0 Å². The van der Waals surface area contributed by atoms with Crippen LogP contribution in [-0.4, -0.2) is 60.0 Å². The Bertz CT molecular complexity index is 630. The molecule has 0 aromatic carbocycles. The van der Waals surface area contributed by atoms with Crippen molar-refractivity contribution in [3.05, 3.63) is 11.3 Å². The predicted molar refractivity (Wildman–Crippen MR) is 80.8 cm³/mol. The minimum atomic E-state index is -3.57. The largest absolute Gasteiger partial charge is 0.299 e. The maximum absolute atomic E-state index is 12.9. The van der Waals surface area contributed by atoms with E-state index in [1.54, 1.807) is 11.2 Å². The van der Waals surface area contributed by atoms with Crippen molar-refractivity contribution in [1.29, 1.82) is 0 Å². The monoisotopic (exact) mass is 332 g/mol. The zero-order valence-corrected chi connectivity index (χ0v) is 13.9. The van der Waals surface area contributed by atoms with E-state index in [0.29, 0.717) is 30.7 Å². The maximum atomic E-state index is 12.9. The Morgan fingerprint density at radius 2 is 2.05 bits per heavy atom. The first-order valence-electron chi connectivity index (χ1n) is 7.27. The number of aromatic amines is 1. The molecule has 8 heteroatoms.